The van der Waals surface area contributed by atoms with E-state index < -0.39 is 0 Å². The van der Waals surface area contributed by atoms with Crippen molar-refractivity contribution < 1.29 is 9.26 Å². The van der Waals surface area contributed by atoms with E-state index in [0.717, 1.165) is 31.8 Å². The van der Waals surface area contributed by atoms with Gasteiger partial charge in [0.2, 0.25) is 0 Å². The summed E-state index contributed by atoms with van der Waals surface area (Å²) in [5, 5.41) is 4.03. The number of rotatable bonds is 3. The van der Waals surface area contributed by atoms with Gasteiger partial charge in [0.15, 0.2) is 5.82 Å². The zero-order chi connectivity index (χ0) is 11.0. The molecule has 0 unspecified atom stereocenters. The summed E-state index contributed by atoms with van der Waals surface area (Å²) in [4.78, 5) is 6.62. The van der Waals surface area contributed by atoms with Gasteiger partial charge in [-0.05, 0) is 25.7 Å². The van der Waals surface area contributed by atoms with Gasteiger partial charge in [0.1, 0.15) is 0 Å². The lowest BCUT2D eigenvalue weighted by molar-refractivity contribution is 0.0808. The molecule has 5 nitrogen and oxygen atoms in total. The maximum Gasteiger partial charge on any atom is 0.324 e. The molecule has 0 spiro atoms. The van der Waals surface area contributed by atoms with E-state index >= 15 is 0 Å². The number of anilines is 1. The molecule has 1 aromatic heterocycles. The molecule has 1 saturated heterocycles. The average molecular weight is 223 g/mol. The van der Waals surface area contributed by atoms with Crippen molar-refractivity contribution >= 4 is 6.01 Å². The van der Waals surface area contributed by atoms with Crippen molar-refractivity contribution in [3.8, 4) is 0 Å². The molecule has 1 aliphatic carbocycles. The van der Waals surface area contributed by atoms with Gasteiger partial charge < -0.3 is 14.2 Å². The van der Waals surface area contributed by atoms with Crippen LogP contribution >= 0.6 is 0 Å². The Balaban J connectivity index is 1.63. The van der Waals surface area contributed by atoms with Crippen LogP contribution in [0.5, 0.6) is 0 Å². The molecule has 2 heterocycles. The van der Waals surface area contributed by atoms with E-state index in [-0.39, 0.29) is 0 Å². The van der Waals surface area contributed by atoms with E-state index in [1.807, 2.05) is 0 Å². The molecule has 2 fully saturated rings. The Kier molecular flexibility index (Phi) is 2.55. The normalized spacial score (nSPS) is 22.7. The number of ether oxygens (including phenoxy) is 1. The summed E-state index contributed by atoms with van der Waals surface area (Å²) in [5.41, 5.74) is 0. The van der Waals surface area contributed by atoms with Crippen molar-refractivity contribution in [3.05, 3.63) is 5.82 Å². The quantitative estimate of drug-likeness (QED) is 0.778. The van der Waals surface area contributed by atoms with E-state index in [1.165, 1.54) is 12.8 Å². The van der Waals surface area contributed by atoms with Crippen LogP contribution in [0.25, 0.3) is 0 Å². The predicted molar refractivity (Wildman–Crippen MR) is 58.5 cm³/mol. The Morgan fingerprint density at radius 3 is 2.62 bits per heavy atom. The molecule has 1 aliphatic heterocycles. The van der Waals surface area contributed by atoms with Gasteiger partial charge in [-0.15, -0.1) is 0 Å². The summed E-state index contributed by atoms with van der Waals surface area (Å²) in [6.45, 7) is 1.90. The minimum absolute atomic E-state index is 0.391. The standard InChI is InChI=1S/C11H17N3O2/c1-15-9-4-6-14(7-5-9)11-12-10(13-16-11)8-2-3-8/h8-9H,2-7H2,1H3. The zero-order valence-corrected chi connectivity index (χ0v) is 9.56. The second-order valence-corrected chi connectivity index (χ2v) is 4.63. The third-order valence-electron chi connectivity index (χ3n) is 3.42. The monoisotopic (exact) mass is 223 g/mol. The fraction of sp³-hybridized carbons (Fsp3) is 0.818. The fourth-order valence-corrected chi connectivity index (χ4v) is 2.14. The van der Waals surface area contributed by atoms with Crippen molar-refractivity contribution in [2.45, 2.75) is 37.7 Å². The Bertz CT molecular complexity index is 354. The van der Waals surface area contributed by atoms with Crippen LogP contribution in [0.1, 0.15) is 37.4 Å². The van der Waals surface area contributed by atoms with E-state index in [9.17, 15) is 0 Å². The molecule has 0 radical (unpaired) electrons. The maximum absolute atomic E-state index is 5.34. The first-order chi connectivity index (χ1) is 7.86. The Labute approximate surface area is 94.8 Å². The second kappa shape index (κ2) is 4.05. The molecule has 0 amide bonds. The molecule has 3 rings (SSSR count). The van der Waals surface area contributed by atoms with E-state index in [2.05, 4.69) is 15.0 Å². The maximum atomic E-state index is 5.34. The van der Waals surface area contributed by atoms with Gasteiger partial charge in [-0.3, -0.25) is 0 Å². The molecule has 0 N–H and O–H groups in total. The van der Waals surface area contributed by atoms with Crippen LogP contribution in [0.3, 0.4) is 0 Å². The van der Waals surface area contributed by atoms with Gasteiger partial charge in [0.25, 0.3) is 0 Å². The lowest BCUT2D eigenvalue weighted by atomic mass is 10.1. The summed E-state index contributed by atoms with van der Waals surface area (Å²) in [7, 11) is 1.78. The summed E-state index contributed by atoms with van der Waals surface area (Å²) < 4.78 is 10.6. The van der Waals surface area contributed by atoms with Crippen molar-refractivity contribution in [2.75, 3.05) is 25.1 Å². The Morgan fingerprint density at radius 1 is 1.25 bits per heavy atom. The fourth-order valence-electron chi connectivity index (χ4n) is 2.14. The summed E-state index contributed by atoms with van der Waals surface area (Å²) in [5.74, 6) is 1.46. The van der Waals surface area contributed by atoms with E-state index in [1.54, 1.807) is 7.11 Å². The first-order valence-corrected chi connectivity index (χ1v) is 5.98. The summed E-state index contributed by atoms with van der Waals surface area (Å²) >= 11 is 0. The van der Waals surface area contributed by atoms with Crippen molar-refractivity contribution in [2.24, 2.45) is 0 Å². The lowest BCUT2D eigenvalue weighted by Crippen LogP contribution is -2.36. The number of nitrogens with zero attached hydrogens (tertiary/aromatic N) is 3. The van der Waals surface area contributed by atoms with E-state index in [0.29, 0.717) is 18.0 Å². The number of aromatic nitrogens is 2. The second-order valence-electron chi connectivity index (χ2n) is 4.63. The van der Waals surface area contributed by atoms with Crippen LogP contribution in [0.4, 0.5) is 6.01 Å². The molecule has 0 atom stereocenters. The minimum atomic E-state index is 0.391. The Morgan fingerprint density at radius 2 is 2.00 bits per heavy atom. The van der Waals surface area contributed by atoms with Crippen LogP contribution in [-0.4, -0.2) is 36.4 Å². The highest BCUT2D eigenvalue weighted by Crippen LogP contribution is 2.38. The molecule has 1 aromatic rings. The molecule has 0 aromatic carbocycles. The molecule has 88 valence electrons. The average Bonchev–Trinajstić information content (AvgIpc) is 3.08. The van der Waals surface area contributed by atoms with Crippen LogP contribution in [0, 0.1) is 0 Å². The van der Waals surface area contributed by atoms with Gasteiger partial charge in [-0.25, -0.2) is 0 Å². The third kappa shape index (κ3) is 1.91. The third-order valence-corrected chi connectivity index (χ3v) is 3.42. The molecular formula is C11H17N3O2. The van der Waals surface area contributed by atoms with Gasteiger partial charge in [0, 0.05) is 26.1 Å². The molecule has 5 heteroatoms. The van der Waals surface area contributed by atoms with Crippen LogP contribution in [0.15, 0.2) is 4.52 Å². The van der Waals surface area contributed by atoms with Crippen LogP contribution < -0.4 is 4.90 Å². The van der Waals surface area contributed by atoms with Crippen molar-refractivity contribution in [1.82, 2.24) is 10.1 Å². The molecule has 2 aliphatic rings. The first kappa shape index (κ1) is 10.1. The lowest BCUT2D eigenvalue weighted by Gasteiger charge is -2.29. The predicted octanol–water partition coefficient (Wildman–Crippen LogP) is 1.56. The SMILES string of the molecule is COC1CCN(c2nc(C3CC3)no2)CC1. The van der Waals surface area contributed by atoms with E-state index in [4.69, 9.17) is 9.26 Å². The smallest absolute Gasteiger partial charge is 0.324 e. The number of hydrogen-bond donors (Lipinski definition) is 0. The molecule has 16 heavy (non-hydrogen) atoms. The van der Waals surface area contributed by atoms with Gasteiger partial charge in [-0.2, -0.15) is 4.98 Å². The van der Waals surface area contributed by atoms with Crippen LogP contribution in [-0.2, 0) is 4.74 Å². The highest BCUT2D eigenvalue weighted by Gasteiger charge is 2.30. The van der Waals surface area contributed by atoms with Crippen molar-refractivity contribution in [3.63, 3.8) is 0 Å². The van der Waals surface area contributed by atoms with Gasteiger partial charge >= 0.3 is 6.01 Å². The number of piperidine rings is 1. The Hall–Kier alpha value is -1.10. The van der Waals surface area contributed by atoms with Crippen molar-refractivity contribution in [1.29, 1.82) is 0 Å². The van der Waals surface area contributed by atoms with Gasteiger partial charge in [0.05, 0.1) is 6.10 Å². The number of methoxy groups -OCH3 is 1. The highest BCUT2D eigenvalue weighted by atomic mass is 16.5. The minimum Gasteiger partial charge on any atom is -0.381 e. The molecule has 1 saturated carbocycles. The van der Waals surface area contributed by atoms with Gasteiger partial charge in [-0.1, -0.05) is 5.16 Å². The highest BCUT2D eigenvalue weighted by molar-refractivity contribution is 5.27. The zero-order valence-electron chi connectivity index (χ0n) is 9.56. The first-order valence-electron chi connectivity index (χ1n) is 5.98. The molecule has 0 bridgehead atoms. The summed E-state index contributed by atoms with van der Waals surface area (Å²) in [6.07, 6.45) is 4.90. The summed E-state index contributed by atoms with van der Waals surface area (Å²) in [6, 6.07) is 0.691. The van der Waals surface area contributed by atoms with Crippen LogP contribution in [0.2, 0.25) is 0 Å². The largest absolute Gasteiger partial charge is 0.381 e. The molecular weight excluding hydrogens is 206 g/mol. The topological polar surface area (TPSA) is 51.4 Å². The number of hydrogen-bond acceptors (Lipinski definition) is 5.